The lowest BCUT2D eigenvalue weighted by atomic mass is 10.2. The minimum atomic E-state index is -0.511. The van der Waals surface area contributed by atoms with Crippen LogP contribution in [0, 0.1) is 5.82 Å². The molecule has 0 aliphatic carbocycles. The van der Waals surface area contributed by atoms with Gasteiger partial charge in [-0.3, -0.25) is 4.79 Å². The molecule has 0 aliphatic heterocycles. The summed E-state index contributed by atoms with van der Waals surface area (Å²) < 4.78 is 13.3. The average Bonchev–Trinajstić information content (AvgIpc) is 2.82. The average molecular weight is 233 g/mol. The lowest BCUT2D eigenvalue weighted by molar-refractivity contribution is 0.0950. The van der Waals surface area contributed by atoms with Gasteiger partial charge >= 0.3 is 0 Å². The van der Waals surface area contributed by atoms with E-state index in [0.29, 0.717) is 13.0 Å². The van der Waals surface area contributed by atoms with Crippen molar-refractivity contribution in [3.05, 3.63) is 53.9 Å². The number of amides is 1. The maximum atomic E-state index is 13.3. The molecule has 17 heavy (non-hydrogen) atoms. The molecule has 0 spiro atoms. The summed E-state index contributed by atoms with van der Waals surface area (Å²) in [6.07, 6.45) is 3.95. The highest BCUT2D eigenvalue weighted by Gasteiger charge is 2.09. The fraction of sp³-hybridized carbons (Fsp3) is 0.167. The largest absolute Gasteiger partial charge is 0.351 e. The van der Waals surface area contributed by atoms with Crippen molar-refractivity contribution in [1.82, 2.24) is 15.3 Å². The molecule has 1 amide bonds. The molecular formula is C12H12FN3O. The van der Waals surface area contributed by atoms with Crippen molar-refractivity contribution < 1.29 is 9.18 Å². The van der Waals surface area contributed by atoms with Crippen LogP contribution in [0.15, 0.2) is 36.7 Å². The summed E-state index contributed by atoms with van der Waals surface area (Å²) >= 11 is 0. The third-order valence-corrected chi connectivity index (χ3v) is 2.32. The Morgan fingerprint density at radius 2 is 2.24 bits per heavy atom. The Labute approximate surface area is 97.9 Å². The summed E-state index contributed by atoms with van der Waals surface area (Å²) in [4.78, 5) is 18.6. The van der Waals surface area contributed by atoms with Crippen LogP contribution in [-0.4, -0.2) is 22.4 Å². The van der Waals surface area contributed by atoms with E-state index in [9.17, 15) is 9.18 Å². The number of aromatic nitrogens is 2. The molecule has 1 aromatic heterocycles. The number of nitrogens with one attached hydrogen (secondary N) is 2. The van der Waals surface area contributed by atoms with Gasteiger partial charge in [-0.15, -0.1) is 0 Å². The van der Waals surface area contributed by atoms with E-state index in [1.54, 1.807) is 24.5 Å². The first kappa shape index (κ1) is 11.3. The molecule has 1 aromatic carbocycles. The summed E-state index contributed by atoms with van der Waals surface area (Å²) in [5.41, 5.74) is 0.0620. The van der Waals surface area contributed by atoms with Crippen molar-refractivity contribution in [2.24, 2.45) is 0 Å². The fourth-order valence-corrected chi connectivity index (χ4v) is 1.47. The normalized spacial score (nSPS) is 10.2. The van der Waals surface area contributed by atoms with Gasteiger partial charge in [0.2, 0.25) is 0 Å². The van der Waals surface area contributed by atoms with Crippen molar-refractivity contribution in [3.8, 4) is 0 Å². The van der Waals surface area contributed by atoms with Crippen LogP contribution in [0.1, 0.15) is 16.2 Å². The van der Waals surface area contributed by atoms with Crippen molar-refractivity contribution in [2.75, 3.05) is 6.54 Å². The first-order chi connectivity index (χ1) is 8.27. The fourth-order valence-electron chi connectivity index (χ4n) is 1.47. The molecule has 2 N–H and O–H groups in total. The maximum absolute atomic E-state index is 13.3. The van der Waals surface area contributed by atoms with Crippen LogP contribution in [0.4, 0.5) is 4.39 Å². The van der Waals surface area contributed by atoms with Crippen LogP contribution in [0.2, 0.25) is 0 Å². The molecule has 2 rings (SSSR count). The van der Waals surface area contributed by atoms with Gasteiger partial charge in [-0.2, -0.15) is 0 Å². The Balaban J connectivity index is 1.88. The Bertz CT molecular complexity index is 496. The number of carbonyl (C=O) groups excluding carboxylic acids is 1. The van der Waals surface area contributed by atoms with Gasteiger partial charge in [-0.1, -0.05) is 12.1 Å². The molecule has 1 heterocycles. The van der Waals surface area contributed by atoms with Crippen LogP contribution in [0.3, 0.4) is 0 Å². The van der Waals surface area contributed by atoms with Crippen molar-refractivity contribution in [1.29, 1.82) is 0 Å². The summed E-state index contributed by atoms with van der Waals surface area (Å²) in [7, 11) is 0. The van der Waals surface area contributed by atoms with Crippen LogP contribution in [0.5, 0.6) is 0 Å². The predicted molar refractivity (Wildman–Crippen MR) is 61.0 cm³/mol. The van der Waals surface area contributed by atoms with E-state index in [4.69, 9.17) is 0 Å². The number of imidazole rings is 1. The highest BCUT2D eigenvalue weighted by molar-refractivity contribution is 5.94. The lowest BCUT2D eigenvalue weighted by Crippen LogP contribution is -2.26. The van der Waals surface area contributed by atoms with Crippen LogP contribution in [0.25, 0.3) is 0 Å². The van der Waals surface area contributed by atoms with Gasteiger partial charge in [0.25, 0.3) is 5.91 Å². The third-order valence-electron chi connectivity index (χ3n) is 2.32. The highest BCUT2D eigenvalue weighted by atomic mass is 19.1. The van der Waals surface area contributed by atoms with Crippen molar-refractivity contribution in [2.45, 2.75) is 6.42 Å². The monoisotopic (exact) mass is 233 g/mol. The van der Waals surface area contributed by atoms with Gasteiger partial charge in [0, 0.05) is 25.4 Å². The van der Waals surface area contributed by atoms with Crippen LogP contribution < -0.4 is 5.32 Å². The summed E-state index contributed by atoms with van der Waals surface area (Å²) in [5, 5.41) is 2.64. The van der Waals surface area contributed by atoms with Gasteiger partial charge in [0.1, 0.15) is 11.6 Å². The second-order valence-electron chi connectivity index (χ2n) is 3.52. The van der Waals surface area contributed by atoms with Gasteiger partial charge < -0.3 is 10.3 Å². The van der Waals surface area contributed by atoms with Gasteiger partial charge in [0.15, 0.2) is 0 Å². The number of H-pyrrole nitrogens is 1. The van der Waals surface area contributed by atoms with E-state index < -0.39 is 11.7 Å². The van der Waals surface area contributed by atoms with Crippen molar-refractivity contribution in [3.63, 3.8) is 0 Å². The molecule has 0 aliphatic rings. The molecule has 88 valence electrons. The molecule has 0 unspecified atom stereocenters. The molecule has 0 bridgehead atoms. The number of benzene rings is 1. The summed E-state index contributed by atoms with van der Waals surface area (Å²) in [6.45, 7) is 0.417. The van der Waals surface area contributed by atoms with E-state index in [1.165, 1.54) is 12.1 Å². The first-order valence-corrected chi connectivity index (χ1v) is 5.28. The second kappa shape index (κ2) is 5.25. The maximum Gasteiger partial charge on any atom is 0.254 e. The standard InChI is InChI=1S/C12H12FN3O/c13-10-4-2-1-3-9(10)12(17)16-6-5-11-14-7-8-15-11/h1-4,7-8H,5-6H2,(H,14,15)(H,16,17). The third kappa shape index (κ3) is 2.90. The molecule has 0 atom stereocenters. The Hall–Kier alpha value is -2.17. The SMILES string of the molecule is O=C(NCCc1ncc[nH]1)c1ccccc1F. The van der Waals surface area contributed by atoms with Crippen LogP contribution in [-0.2, 0) is 6.42 Å². The number of rotatable bonds is 4. The van der Waals surface area contributed by atoms with E-state index >= 15 is 0 Å². The smallest absolute Gasteiger partial charge is 0.254 e. The number of nitrogens with zero attached hydrogens (tertiary/aromatic N) is 1. The zero-order valence-electron chi connectivity index (χ0n) is 9.11. The Kier molecular flexibility index (Phi) is 3.49. The van der Waals surface area contributed by atoms with Gasteiger partial charge in [-0.25, -0.2) is 9.37 Å². The number of halogens is 1. The molecule has 0 saturated heterocycles. The number of aromatic amines is 1. The molecule has 0 fully saturated rings. The zero-order chi connectivity index (χ0) is 12.1. The Morgan fingerprint density at radius 3 is 2.94 bits per heavy atom. The minimum Gasteiger partial charge on any atom is -0.351 e. The van der Waals surface area contributed by atoms with E-state index in [0.717, 1.165) is 5.82 Å². The quantitative estimate of drug-likeness (QED) is 0.841. The molecule has 0 saturated carbocycles. The molecule has 5 heteroatoms. The molecule has 0 radical (unpaired) electrons. The topological polar surface area (TPSA) is 57.8 Å². The lowest BCUT2D eigenvalue weighted by Gasteiger charge is -2.04. The molecule has 2 aromatic rings. The summed E-state index contributed by atoms with van der Waals surface area (Å²) in [6, 6.07) is 5.90. The minimum absolute atomic E-state index is 0.0620. The summed E-state index contributed by atoms with van der Waals surface area (Å²) in [5.74, 6) is -0.128. The highest BCUT2D eigenvalue weighted by Crippen LogP contribution is 2.05. The number of hydrogen-bond donors (Lipinski definition) is 2. The van der Waals surface area contributed by atoms with Gasteiger partial charge in [0.05, 0.1) is 5.56 Å². The predicted octanol–water partition coefficient (Wildman–Crippen LogP) is 1.52. The van der Waals surface area contributed by atoms with E-state index in [1.807, 2.05) is 0 Å². The Morgan fingerprint density at radius 1 is 1.41 bits per heavy atom. The second-order valence-corrected chi connectivity index (χ2v) is 3.52. The zero-order valence-corrected chi connectivity index (χ0v) is 9.11. The number of carbonyl (C=O) groups is 1. The van der Waals surface area contributed by atoms with Crippen molar-refractivity contribution >= 4 is 5.91 Å². The molecular weight excluding hydrogens is 221 g/mol. The van der Waals surface area contributed by atoms with E-state index in [-0.39, 0.29) is 5.56 Å². The number of hydrogen-bond acceptors (Lipinski definition) is 2. The van der Waals surface area contributed by atoms with Gasteiger partial charge in [-0.05, 0) is 12.1 Å². The van der Waals surface area contributed by atoms with E-state index in [2.05, 4.69) is 15.3 Å². The first-order valence-electron chi connectivity index (χ1n) is 5.28. The van der Waals surface area contributed by atoms with Crippen LogP contribution >= 0.6 is 0 Å². The molecule has 4 nitrogen and oxygen atoms in total.